The second kappa shape index (κ2) is 10.5. The first-order chi connectivity index (χ1) is 13.9. The number of hydrogen-bond donors (Lipinski definition) is 0. The highest BCUT2D eigenvalue weighted by atomic mass is 127. The number of hydrogen-bond acceptors (Lipinski definition) is 2. The van der Waals surface area contributed by atoms with Gasteiger partial charge >= 0.3 is 0 Å². The maximum Gasteiger partial charge on any atom is 0.146 e. The standard InChI is InChI=1S/C22H12BrCl2I2NO/c23-17-4-1-13(2-5-17)12-29-22-20(26)8-14(9-21(22)27)7-16(11-28)15-3-6-18(24)19(25)10-15/h1-10H,12H2/b16-7-. The van der Waals surface area contributed by atoms with Gasteiger partial charge in [0.15, 0.2) is 0 Å². The zero-order valence-electron chi connectivity index (χ0n) is 14.7. The summed E-state index contributed by atoms with van der Waals surface area (Å²) in [4.78, 5) is 0. The molecule has 0 bridgehead atoms. The SMILES string of the molecule is N#C/C(=C/c1cc(I)c(OCc2ccc(Br)cc2)c(I)c1)c1ccc(Cl)c(Cl)c1. The Morgan fingerprint density at radius 1 is 1.00 bits per heavy atom. The molecule has 0 saturated carbocycles. The van der Waals surface area contributed by atoms with E-state index in [1.165, 1.54) is 0 Å². The van der Waals surface area contributed by atoms with Crippen molar-refractivity contribution in [2.45, 2.75) is 6.61 Å². The monoisotopic (exact) mass is 709 g/mol. The predicted octanol–water partition coefficient (Wildman–Crippen LogP) is 8.61. The zero-order chi connectivity index (χ0) is 21.0. The van der Waals surface area contributed by atoms with Gasteiger partial charge < -0.3 is 4.74 Å². The third-order valence-electron chi connectivity index (χ3n) is 3.98. The van der Waals surface area contributed by atoms with Crippen molar-refractivity contribution in [3.8, 4) is 11.8 Å². The van der Waals surface area contributed by atoms with Crippen LogP contribution in [0.2, 0.25) is 10.0 Å². The molecule has 0 aliphatic heterocycles. The minimum atomic E-state index is 0.422. The minimum Gasteiger partial charge on any atom is -0.487 e. The molecule has 0 saturated heterocycles. The Balaban J connectivity index is 1.85. The molecule has 7 heteroatoms. The Kier molecular flexibility index (Phi) is 8.28. The molecule has 0 amide bonds. The Morgan fingerprint density at radius 2 is 1.66 bits per heavy atom. The molecule has 3 rings (SSSR count). The van der Waals surface area contributed by atoms with Crippen molar-refractivity contribution in [2.24, 2.45) is 0 Å². The third-order valence-corrected chi connectivity index (χ3v) is 6.85. The largest absolute Gasteiger partial charge is 0.487 e. The van der Waals surface area contributed by atoms with Gasteiger partial charge in [-0.25, -0.2) is 0 Å². The molecule has 2 nitrogen and oxygen atoms in total. The number of nitrogens with zero attached hydrogens (tertiary/aromatic N) is 1. The minimum absolute atomic E-state index is 0.422. The van der Waals surface area contributed by atoms with Crippen LogP contribution in [0.15, 0.2) is 59.1 Å². The molecule has 0 N–H and O–H groups in total. The number of benzene rings is 3. The van der Waals surface area contributed by atoms with Gasteiger partial charge in [-0.3, -0.25) is 0 Å². The summed E-state index contributed by atoms with van der Waals surface area (Å²) >= 11 is 20.0. The fraction of sp³-hybridized carbons (Fsp3) is 0.0455. The first-order valence-corrected chi connectivity index (χ1v) is 12.0. The lowest BCUT2D eigenvalue weighted by atomic mass is 10.0. The van der Waals surface area contributed by atoms with Crippen LogP contribution in [-0.4, -0.2) is 0 Å². The van der Waals surface area contributed by atoms with Crippen LogP contribution >= 0.6 is 84.3 Å². The highest BCUT2D eigenvalue weighted by Crippen LogP contribution is 2.32. The lowest BCUT2D eigenvalue weighted by Crippen LogP contribution is -1.99. The van der Waals surface area contributed by atoms with E-state index in [0.29, 0.717) is 22.2 Å². The van der Waals surface area contributed by atoms with Crippen LogP contribution < -0.4 is 4.74 Å². The van der Waals surface area contributed by atoms with Crippen molar-refractivity contribution in [2.75, 3.05) is 0 Å². The molecule has 146 valence electrons. The molecule has 0 radical (unpaired) electrons. The van der Waals surface area contributed by atoms with Gasteiger partial charge in [0, 0.05) is 4.47 Å². The second-order valence-electron chi connectivity index (χ2n) is 6.03. The molecule has 0 heterocycles. The number of allylic oxidation sites excluding steroid dienone is 1. The maximum atomic E-state index is 9.60. The van der Waals surface area contributed by atoms with Crippen molar-refractivity contribution in [3.63, 3.8) is 0 Å². The van der Waals surface area contributed by atoms with E-state index in [-0.39, 0.29) is 0 Å². The van der Waals surface area contributed by atoms with Gasteiger partial charge in [-0.2, -0.15) is 5.26 Å². The first kappa shape index (κ1) is 22.9. The van der Waals surface area contributed by atoms with Crippen LogP contribution in [0.1, 0.15) is 16.7 Å². The Hall–Kier alpha value is -0.790. The molecule has 3 aromatic carbocycles. The quantitative estimate of drug-likeness (QED) is 0.151. The van der Waals surface area contributed by atoms with Crippen molar-refractivity contribution >= 4 is 96.0 Å². The van der Waals surface area contributed by atoms with Gasteiger partial charge in [-0.05, 0) is 104 Å². The van der Waals surface area contributed by atoms with E-state index in [0.717, 1.165) is 34.1 Å². The number of halogens is 5. The van der Waals surface area contributed by atoms with E-state index in [9.17, 15) is 5.26 Å². The van der Waals surface area contributed by atoms with E-state index < -0.39 is 0 Å². The summed E-state index contributed by atoms with van der Waals surface area (Å²) in [5.74, 6) is 0.833. The van der Waals surface area contributed by atoms with E-state index in [2.05, 4.69) is 67.2 Å². The van der Waals surface area contributed by atoms with Crippen molar-refractivity contribution in [1.82, 2.24) is 0 Å². The van der Waals surface area contributed by atoms with E-state index in [1.54, 1.807) is 18.2 Å². The topological polar surface area (TPSA) is 33.0 Å². The third kappa shape index (κ3) is 6.11. The average molecular weight is 711 g/mol. The predicted molar refractivity (Wildman–Crippen MR) is 140 cm³/mol. The van der Waals surface area contributed by atoms with Gasteiger partial charge in [0.2, 0.25) is 0 Å². The summed E-state index contributed by atoms with van der Waals surface area (Å²) in [5, 5.41) is 10.5. The summed E-state index contributed by atoms with van der Waals surface area (Å²) in [6.45, 7) is 0.487. The van der Waals surface area contributed by atoms with Crippen LogP contribution in [-0.2, 0) is 6.61 Å². The molecular formula is C22H12BrCl2I2NO. The first-order valence-electron chi connectivity index (χ1n) is 8.31. The zero-order valence-corrected chi connectivity index (χ0v) is 22.1. The van der Waals surface area contributed by atoms with Gasteiger partial charge in [0.25, 0.3) is 0 Å². The van der Waals surface area contributed by atoms with Crippen LogP contribution in [0, 0.1) is 18.5 Å². The molecule has 0 aromatic heterocycles. The summed E-state index contributed by atoms with van der Waals surface area (Å²) in [6.07, 6.45) is 1.84. The van der Waals surface area contributed by atoms with Gasteiger partial charge in [0.05, 0.1) is 28.8 Å². The molecular weight excluding hydrogens is 699 g/mol. The Bertz CT molecular complexity index is 1100. The smallest absolute Gasteiger partial charge is 0.146 e. The van der Waals surface area contributed by atoms with Gasteiger partial charge in [0.1, 0.15) is 12.4 Å². The van der Waals surface area contributed by atoms with E-state index in [4.69, 9.17) is 27.9 Å². The van der Waals surface area contributed by atoms with E-state index >= 15 is 0 Å². The van der Waals surface area contributed by atoms with E-state index in [1.807, 2.05) is 42.5 Å². The van der Waals surface area contributed by atoms with Crippen LogP contribution in [0.4, 0.5) is 0 Å². The fourth-order valence-corrected chi connectivity index (χ4v) is 5.24. The summed E-state index contributed by atoms with van der Waals surface area (Å²) < 4.78 is 9.04. The van der Waals surface area contributed by atoms with Gasteiger partial charge in [-0.1, -0.05) is 57.3 Å². The molecule has 0 fully saturated rings. The summed E-state index contributed by atoms with van der Waals surface area (Å²) in [7, 11) is 0. The van der Waals surface area contributed by atoms with Crippen LogP contribution in [0.5, 0.6) is 5.75 Å². The van der Waals surface area contributed by atoms with Crippen molar-refractivity contribution in [3.05, 3.63) is 92.9 Å². The molecule has 0 unspecified atom stereocenters. The fourth-order valence-electron chi connectivity index (χ4n) is 2.55. The number of nitriles is 1. The molecule has 0 spiro atoms. The van der Waals surface area contributed by atoms with Crippen LogP contribution in [0.25, 0.3) is 11.6 Å². The second-order valence-corrected chi connectivity index (χ2v) is 10.1. The summed E-state index contributed by atoms with van der Waals surface area (Å²) in [6, 6.07) is 19.4. The highest BCUT2D eigenvalue weighted by molar-refractivity contribution is 14.1. The molecule has 0 aliphatic rings. The lowest BCUT2D eigenvalue weighted by Gasteiger charge is -2.12. The number of rotatable bonds is 5. The number of ether oxygens (including phenoxy) is 1. The van der Waals surface area contributed by atoms with Crippen molar-refractivity contribution in [1.29, 1.82) is 5.26 Å². The molecule has 3 aromatic rings. The van der Waals surface area contributed by atoms with Gasteiger partial charge in [-0.15, -0.1) is 0 Å². The normalized spacial score (nSPS) is 11.2. The highest BCUT2D eigenvalue weighted by Gasteiger charge is 2.11. The average Bonchev–Trinajstić information content (AvgIpc) is 2.69. The molecule has 0 aliphatic carbocycles. The lowest BCUT2D eigenvalue weighted by molar-refractivity contribution is 0.301. The summed E-state index contributed by atoms with van der Waals surface area (Å²) in [5.41, 5.74) is 3.24. The Labute approximate surface area is 215 Å². The molecule has 0 atom stereocenters. The van der Waals surface area contributed by atoms with Crippen molar-refractivity contribution < 1.29 is 4.74 Å². The molecule has 29 heavy (non-hydrogen) atoms. The Morgan fingerprint density at radius 3 is 2.24 bits per heavy atom. The van der Waals surface area contributed by atoms with Crippen LogP contribution in [0.3, 0.4) is 0 Å². The maximum absolute atomic E-state index is 9.60.